The molecule has 0 aliphatic rings. The standard InChI is InChI=1S/C8H11N5/c1-6(2)12-13-5-11-7-3-9-4-10-8(7)13/h3-6,12H,1-2H3. The van der Waals surface area contributed by atoms with Crippen molar-refractivity contribution in [2.75, 3.05) is 5.43 Å². The summed E-state index contributed by atoms with van der Waals surface area (Å²) in [5.41, 5.74) is 4.80. The maximum absolute atomic E-state index is 4.15. The molecule has 2 aromatic heterocycles. The lowest BCUT2D eigenvalue weighted by atomic mass is 10.4. The minimum atomic E-state index is 0.354. The van der Waals surface area contributed by atoms with Crippen molar-refractivity contribution in [3.63, 3.8) is 0 Å². The van der Waals surface area contributed by atoms with Crippen LogP contribution in [-0.4, -0.2) is 25.7 Å². The van der Waals surface area contributed by atoms with Gasteiger partial charge in [0, 0.05) is 6.04 Å². The molecule has 13 heavy (non-hydrogen) atoms. The average molecular weight is 177 g/mol. The minimum absolute atomic E-state index is 0.354. The molecular formula is C8H11N5. The van der Waals surface area contributed by atoms with Gasteiger partial charge < -0.3 is 5.43 Å². The molecule has 5 nitrogen and oxygen atoms in total. The Bertz CT molecular complexity index is 406. The summed E-state index contributed by atoms with van der Waals surface area (Å²) in [6.07, 6.45) is 4.92. The van der Waals surface area contributed by atoms with Crippen molar-refractivity contribution in [3.8, 4) is 0 Å². The Morgan fingerprint density at radius 2 is 2.23 bits per heavy atom. The van der Waals surface area contributed by atoms with Crippen LogP contribution >= 0.6 is 0 Å². The molecule has 0 aromatic carbocycles. The zero-order chi connectivity index (χ0) is 9.26. The van der Waals surface area contributed by atoms with E-state index in [0.29, 0.717) is 6.04 Å². The fraction of sp³-hybridized carbons (Fsp3) is 0.375. The summed E-state index contributed by atoms with van der Waals surface area (Å²) >= 11 is 0. The largest absolute Gasteiger partial charge is 0.321 e. The second-order valence-electron chi connectivity index (χ2n) is 3.13. The highest BCUT2D eigenvalue weighted by molar-refractivity contribution is 5.69. The van der Waals surface area contributed by atoms with Crippen LogP contribution in [0.1, 0.15) is 13.8 Å². The van der Waals surface area contributed by atoms with E-state index < -0.39 is 0 Å². The Kier molecular flexibility index (Phi) is 1.84. The highest BCUT2D eigenvalue weighted by Gasteiger charge is 2.02. The number of hydrogen-bond donors (Lipinski definition) is 1. The topological polar surface area (TPSA) is 55.6 Å². The summed E-state index contributed by atoms with van der Waals surface area (Å²) in [7, 11) is 0. The van der Waals surface area contributed by atoms with Crippen molar-refractivity contribution in [1.29, 1.82) is 0 Å². The van der Waals surface area contributed by atoms with E-state index in [1.807, 2.05) is 4.68 Å². The molecule has 0 amide bonds. The van der Waals surface area contributed by atoms with Crippen molar-refractivity contribution in [2.45, 2.75) is 19.9 Å². The summed E-state index contributed by atoms with van der Waals surface area (Å²) in [5.74, 6) is 0. The lowest BCUT2D eigenvalue weighted by Gasteiger charge is -2.10. The lowest BCUT2D eigenvalue weighted by Crippen LogP contribution is -2.21. The first-order chi connectivity index (χ1) is 6.27. The van der Waals surface area contributed by atoms with Crippen LogP contribution in [0.15, 0.2) is 18.9 Å². The van der Waals surface area contributed by atoms with Gasteiger partial charge in [-0.3, -0.25) is 0 Å². The van der Waals surface area contributed by atoms with Crippen LogP contribution in [0.25, 0.3) is 11.2 Å². The maximum atomic E-state index is 4.15. The number of rotatable bonds is 2. The summed E-state index contributed by atoms with van der Waals surface area (Å²) in [6.45, 7) is 4.13. The van der Waals surface area contributed by atoms with Gasteiger partial charge in [-0.15, -0.1) is 0 Å². The maximum Gasteiger partial charge on any atom is 0.181 e. The van der Waals surface area contributed by atoms with Crippen LogP contribution in [0.3, 0.4) is 0 Å². The van der Waals surface area contributed by atoms with E-state index in [2.05, 4.69) is 34.2 Å². The molecule has 2 heterocycles. The second-order valence-corrected chi connectivity index (χ2v) is 3.13. The van der Waals surface area contributed by atoms with E-state index in [-0.39, 0.29) is 0 Å². The molecule has 2 rings (SSSR count). The predicted octanol–water partition coefficient (Wildman–Crippen LogP) is 0.778. The fourth-order valence-electron chi connectivity index (χ4n) is 1.14. The molecule has 5 heteroatoms. The first-order valence-corrected chi connectivity index (χ1v) is 4.17. The quantitative estimate of drug-likeness (QED) is 0.736. The molecule has 0 radical (unpaired) electrons. The molecule has 2 aromatic rings. The van der Waals surface area contributed by atoms with Crippen molar-refractivity contribution in [1.82, 2.24) is 19.6 Å². The molecule has 0 atom stereocenters. The first-order valence-electron chi connectivity index (χ1n) is 4.17. The highest BCUT2D eigenvalue weighted by atomic mass is 15.4. The van der Waals surface area contributed by atoms with Crippen LogP contribution in [0.5, 0.6) is 0 Å². The van der Waals surface area contributed by atoms with Gasteiger partial charge in [0.25, 0.3) is 0 Å². The monoisotopic (exact) mass is 177 g/mol. The number of hydrogen-bond acceptors (Lipinski definition) is 4. The van der Waals surface area contributed by atoms with Gasteiger partial charge in [0.15, 0.2) is 5.65 Å². The van der Waals surface area contributed by atoms with Crippen molar-refractivity contribution < 1.29 is 0 Å². The second kappa shape index (κ2) is 3.01. The van der Waals surface area contributed by atoms with Crippen LogP contribution < -0.4 is 5.43 Å². The molecule has 0 fully saturated rings. The fourth-order valence-corrected chi connectivity index (χ4v) is 1.14. The third-order valence-corrected chi connectivity index (χ3v) is 1.61. The van der Waals surface area contributed by atoms with Crippen molar-refractivity contribution >= 4 is 11.2 Å². The lowest BCUT2D eigenvalue weighted by molar-refractivity contribution is 0.745. The predicted molar refractivity (Wildman–Crippen MR) is 49.8 cm³/mol. The van der Waals surface area contributed by atoms with Gasteiger partial charge in [-0.05, 0) is 13.8 Å². The van der Waals surface area contributed by atoms with Gasteiger partial charge in [0.2, 0.25) is 0 Å². The molecular weight excluding hydrogens is 166 g/mol. The minimum Gasteiger partial charge on any atom is -0.321 e. The van der Waals surface area contributed by atoms with Gasteiger partial charge in [0.05, 0.1) is 6.20 Å². The molecule has 1 N–H and O–H groups in total. The van der Waals surface area contributed by atoms with Crippen molar-refractivity contribution in [3.05, 3.63) is 18.9 Å². The zero-order valence-corrected chi connectivity index (χ0v) is 7.60. The van der Waals surface area contributed by atoms with E-state index in [1.165, 1.54) is 6.33 Å². The number of nitrogens with zero attached hydrogens (tertiary/aromatic N) is 4. The summed E-state index contributed by atoms with van der Waals surface area (Å²) in [5, 5.41) is 0. The molecule has 0 aliphatic heterocycles. The molecule has 0 unspecified atom stereocenters. The van der Waals surface area contributed by atoms with Gasteiger partial charge in [0.1, 0.15) is 18.2 Å². The Labute approximate surface area is 75.8 Å². The number of fused-ring (bicyclic) bond motifs is 1. The van der Waals surface area contributed by atoms with Crippen LogP contribution in [0.2, 0.25) is 0 Å². The molecule has 68 valence electrons. The van der Waals surface area contributed by atoms with Crippen LogP contribution in [0, 0.1) is 0 Å². The third kappa shape index (κ3) is 1.44. The Morgan fingerprint density at radius 3 is 3.00 bits per heavy atom. The van der Waals surface area contributed by atoms with E-state index in [9.17, 15) is 0 Å². The normalized spacial score (nSPS) is 11.0. The van der Waals surface area contributed by atoms with Crippen molar-refractivity contribution in [2.24, 2.45) is 0 Å². The van der Waals surface area contributed by atoms with Gasteiger partial charge in [-0.25, -0.2) is 19.6 Å². The van der Waals surface area contributed by atoms with E-state index in [0.717, 1.165) is 11.2 Å². The van der Waals surface area contributed by atoms with Gasteiger partial charge >= 0.3 is 0 Å². The Balaban J connectivity index is 2.46. The van der Waals surface area contributed by atoms with Gasteiger partial charge in [-0.1, -0.05) is 0 Å². The van der Waals surface area contributed by atoms with Crippen LogP contribution in [-0.2, 0) is 0 Å². The van der Waals surface area contributed by atoms with Crippen LogP contribution in [0.4, 0.5) is 0 Å². The summed E-state index contributed by atoms with van der Waals surface area (Å²) in [6, 6.07) is 0.354. The Morgan fingerprint density at radius 1 is 1.38 bits per heavy atom. The number of nitrogens with one attached hydrogen (secondary N) is 1. The summed E-state index contributed by atoms with van der Waals surface area (Å²) in [4.78, 5) is 12.2. The average Bonchev–Trinajstić information content (AvgIpc) is 2.48. The Hall–Kier alpha value is -1.65. The first kappa shape index (κ1) is 7.97. The zero-order valence-electron chi connectivity index (χ0n) is 7.60. The van der Waals surface area contributed by atoms with E-state index >= 15 is 0 Å². The molecule has 0 aliphatic carbocycles. The molecule has 0 spiro atoms. The summed E-state index contributed by atoms with van der Waals surface area (Å²) < 4.78 is 1.81. The number of aromatic nitrogens is 4. The molecule has 0 saturated carbocycles. The smallest absolute Gasteiger partial charge is 0.181 e. The SMILES string of the molecule is CC(C)Nn1cnc2cncnc21. The van der Waals surface area contributed by atoms with E-state index in [1.54, 1.807) is 12.5 Å². The molecule has 0 saturated heterocycles. The van der Waals surface area contributed by atoms with E-state index in [4.69, 9.17) is 0 Å². The highest BCUT2D eigenvalue weighted by Crippen LogP contribution is 2.05. The number of imidazole rings is 1. The van der Waals surface area contributed by atoms with Gasteiger partial charge in [-0.2, -0.15) is 0 Å². The molecule has 0 bridgehead atoms. The third-order valence-electron chi connectivity index (χ3n) is 1.61.